The molecule has 0 aliphatic carbocycles. The van der Waals surface area contributed by atoms with E-state index >= 15 is 0 Å². The van der Waals surface area contributed by atoms with E-state index in [0.29, 0.717) is 13.2 Å². The Morgan fingerprint density at radius 1 is 0.760 bits per heavy atom. The van der Waals surface area contributed by atoms with Crippen molar-refractivity contribution in [3.8, 4) is 0 Å². The highest BCUT2D eigenvalue weighted by Gasteiger charge is 2.40. The zero-order chi connectivity index (χ0) is 18.3. The summed E-state index contributed by atoms with van der Waals surface area (Å²) in [5, 5.41) is 0. The Kier molecular flexibility index (Phi) is 7.39. The van der Waals surface area contributed by atoms with Crippen LogP contribution in [0.2, 0.25) is 0 Å². The van der Waals surface area contributed by atoms with Gasteiger partial charge in [-0.3, -0.25) is 9.68 Å². The Hall–Kier alpha value is -1.45. The molecular formula is C20H28NO3P. The van der Waals surface area contributed by atoms with Gasteiger partial charge in [-0.15, -0.1) is 0 Å². The first-order valence-electron chi connectivity index (χ1n) is 8.68. The number of hydrogen-bond acceptors (Lipinski definition) is 3. The van der Waals surface area contributed by atoms with Gasteiger partial charge in [-0.05, 0) is 16.1 Å². The standard InChI is InChI=1S/C20H28NO3P/c1-17(2)25(22,18(3)4)21(23-15-19-11-7-5-8-12-19)24-16-20-13-9-6-10-14-20/h5-14,17-18H,15-16H2,1-4H3. The molecule has 5 heteroatoms. The van der Waals surface area contributed by atoms with E-state index in [1.165, 1.54) is 5.00 Å². The largest absolute Gasteiger partial charge is 0.301 e. The Morgan fingerprint density at radius 2 is 1.12 bits per heavy atom. The Balaban J connectivity index is 2.16. The second-order valence-corrected chi connectivity index (χ2v) is 10.4. The van der Waals surface area contributed by atoms with Crippen LogP contribution < -0.4 is 0 Å². The molecule has 0 fully saturated rings. The van der Waals surface area contributed by atoms with Crippen LogP contribution in [0.15, 0.2) is 60.7 Å². The first-order valence-corrected chi connectivity index (χ1v) is 10.5. The highest BCUT2D eigenvalue weighted by molar-refractivity contribution is 7.62. The normalized spacial score (nSPS) is 12.3. The molecule has 0 bridgehead atoms. The van der Waals surface area contributed by atoms with Crippen LogP contribution in [0.4, 0.5) is 0 Å². The molecule has 2 aromatic carbocycles. The summed E-state index contributed by atoms with van der Waals surface area (Å²) < 4.78 is 13.6. The topological polar surface area (TPSA) is 38.8 Å². The zero-order valence-electron chi connectivity index (χ0n) is 15.5. The van der Waals surface area contributed by atoms with Crippen molar-refractivity contribution in [2.75, 3.05) is 0 Å². The van der Waals surface area contributed by atoms with Gasteiger partial charge >= 0.3 is 0 Å². The molecule has 25 heavy (non-hydrogen) atoms. The van der Waals surface area contributed by atoms with E-state index in [1.54, 1.807) is 0 Å². The van der Waals surface area contributed by atoms with Crippen LogP contribution in [0, 0.1) is 0 Å². The quantitative estimate of drug-likeness (QED) is 0.427. The Bertz CT molecular complexity index is 618. The molecule has 0 aliphatic heterocycles. The summed E-state index contributed by atoms with van der Waals surface area (Å²) in [5.74, 6) is 0. The minimum Gasteiger partial charge on any atom is -0.301 e. The molecule has 0 saturated carbocycles. The van der Waals surface area contributed by atoms with Crippen LogP contribution in [0.1, 0.15) is 38.8 Å². The maximum Gasteiger partial charge on any atom is 0.205 e. The number of nitrogens with zero attached hydrogens (tertiary/aromatic N) is 1. The van der Waals surface area contributed by atoms with Gasteiger partial charge in [0.2, 0.25) is 7.29 Å². The van der Waals surface area contributed by atoms with Gasteiger partial charge in [-0.1, -0.05) is 88.4 Å². The van der Waals surface area contributed by atoms with Crippen molar-refractivity contribution in [2.24, 2.45) is 0 Å². The van der Waals surface area contributed by atoms with Gasteiger partial charge in [0, 0.05) is 11.3 Å². The lowest BCUT2D eigenvalue weighted by Crippen LogP contribution is -2.29. The first kappa shape index (κ1) is 19.9. The predicted molar refractivity (Wildman–Crippen MR) is 102 cm³/mol. The molecule has 2 aromatic rings. The second kappa shape index (κ2) is 9.30. The monoisotopic (exact) mass is 361 g/mol. The molecule has 0 aromatic heterocycles. The highest BCUT2D eigenvalue weighted by atomic mass is 31.2. The summed E-state index contributed by atoms with van der Waals surface area (Å²) in [6.07, 6.45) is 0. The number of benzene rings is 2. The van der Waals surface area contributed by atoms with E-state index in [-0.39, 0.29) is 11.3 Å². The van der Waals surface area contributed by atoms with Crippen molar-refractivity contribution >= 4 is 7.29 Å². The average molecular weight is 361 g/mol. The van der Waals surface area contributed by atoms with Gasteiger partial charge in [0.05, 0.1) is 13.2 Å². The van der Waals surface area contributed by atoms with E-state index in [9.17, 15) is 4.57 Å². The summed E-state index contributed by atoms with van der Waals surface area (Å²) in [7, 11) is -2.86. The minimum atomic E-state index is -2.86. The van der Waals surface area contributed by atoms with Gasteiger partial charge in [0.1, 0.15) is 0 Å². The Labute approximate surface area is 151 Å². The molecule has 0 spiro atoms. The van der Waals surface area contributed by atoms with Crippen LogP contribution in [0.3, 0.4) is 0 Å². The van der Waals surface area contributed by atoms with Crippen molar-refractivity contribution < 1.29 is 14.2 Å². The van der Waals surface area contributed by atoms with E-state index in [2.05, 4.69) is 0 Å². The third-order valence-electron chi connectivity index (χ3n) is 4.10. The van der Waals surface area contributed by atoms with Gasteiger partial charge in [0.15, 0.2) is 0 Å². The SMILES string of the molecule is CC(C)P(=O)(C(C)C)N(OCc1ccccc1)OCc1ccccc1. The van der Waals surface area contributed by atoms with Crippen molar-refractivity contribution in [3.05, 3.63) is 71.8 Å². The van der Waals surface area contributed by atoms with Crippen LogP contribution in [0.5, 0.6) is 0 Å². The third kappa shape index (κ3) is 5.26. The van der Waals surface area contributed by atoms with Gasteiger partial charge in [-0.25, -0.2) is 0 Å². The van der Waals surface area contributed by atoms with Gasteiger partial charge in [-0.2, -0.15) is 0 Å². The third-order valence-corrected chi connectivity index (χ3v) is 7.80. The first-order chi connectivity index (χ1) is 11.9. The fraction of sp³-hybridized carbons (Fsp3) is 0.400. The van der Waals surface area contributed by atoms with Crippen molar-refractivity contribution in [3.63, 3.8) is 0 Å². The number of rotatable bonds is 9. The van der Waals surface area contributed by atoms with Crippen molar-refractivity contribution in [2.45, 2.75) is 52.2 Å². The summed E-state index contributed by atoms with van der Waals surface area (Å²) in [6.45, 7) is 8.44. The fourth-order valence-electron chi connectivity index (χ4n) is 2.60. The van der Waals surface area contributed by atoms with Crippen LogP contribution in [-0.2, 0) is 27.5 Å². The average Bonchev–Trinajstić information content (AvgIpc) is 2.62. The van der Waals surface area contributed by atoms with Crippen molar-refractivity contribution in [1.29, 1.82) is 0 Å². The number of hydrogen-bond donors (Lipinski definition) is 0. The zero-order valence-corrected chi connectivity index (χ0v) is 16.4. The lowest BCUT2D eigenvalue weighted by atomic mass is 10.2. The lowest BCUT2D eigenvalue weighted by Gasteiger charge is -2.34. The molecule has 0 unspecified atom stereocenters. The summed E-state index contributed by atoms with van der Waals surface area (Å²) in [6, 6.07) is 19.7. The molecular weight excluding hydrogens is 333 g/mol. The van der Waals surface area contributed by atoms with Crippen LogP contribution in [0.25, 0.3) is 0 Å². The molecule has 4 nitrogen and oxygen atoms in total. The maximum absolute atomic E-state index is 13.6. The fourth-order valence-corrected chi connectivity index (χ4v) is 5.02. The molecule has 2 rings (SSSR count). The molecule has 0 saturated heterocycles. The Morgan fingerprint density at radius 3 is 1.44 bits per heavy atom. The van der Waals surface area contributed by atoms with Crippen LogP contribution >= 0.6 is 7.29 Å². The molecule has 0 aliphatic rings. The highest BCUT2D eigenvalue weighted by Crippen LogP contribution is 2.58. The molecule has 0 radical (unpaired) electrons. The van der Waals surface area contributed by atoms with Gasteiger partial charge in [0.25, 0.3) is 0 Å². The van der Waals surface area contributed by atoms with Gasteiger partial charge < -0.3 is 4.57 Å². The molecule has 0 N–H and O–H groups in total. The molecule has 0 atom stereocenters. The van der Waals surface area contributed by atoms with E-state index < -0.39 is 7.29 Å². The minimum absolute atomic E-state index is 0.0703. The molecule has 136 valence electrons. The predicted octanol–water partition coefficient (Wildman–Crippen LogP) is 5.65. The van der Waals surface area contributed by atoms with E-state index in [0.717, 1.165) is 11.1 Å². The maximum atomic E-state index is 13.6. The second-order valence-electron chi connectivity index (χ2n) is 6.62. The van der Waals surface area contributed by atoms with E-state index in [4.69, 9.17) is 9.68 Å². The van der Waals surface area contributed by atoms with Crippen molar-refractivity contribution in [1.82, 2.24) is 5.00 Å². The van der Waals surface area contributed by atoms with E-state index in [1.807, 2.05) is 88.4 Å². The summed E-state index contributed by atoms with van der Waals surface area (Å²) in [4.78, 5) is 13.1. The smallest absolute Gasteiger partial charge is 0.205 e. The summed E-state index contributed by atoms with van der Waals surface area (Å²) >= 11 is 0. The summed E-state index contributed by atoms with van der Waals surface area (Å²) in [5.41, 5.74) is 1.88. The molecule has 0 heterocycles. The van der Waals surface area contributed by atoms with Crippen LogP contribution in [-0.4, -0.2) is 16.3 Å². The molecule has 0 amide bonds. The lowest BCUT2D eigenvalue weighted by molar-refractivity contribution is -0.318.